The molecule has 4 heterocycles. The molecular formula is C16H17N9O4S3. The summed E-state index contributed by atoms with van der Waals surface area (Å²) in [5.74, 6) is -1.33. The van der Waals surface area contributed by atoms with Gasteiger partial charge in [-0.3, -0.25) is 14.5 Å². The zero-order valence-corrected chi connectivity index (χ0v) is 19.2. The number of thioether (sulfide) groups is 2. The number of carboxylic acid groups (broad SMARTS) is 1. The van der Waals surface area contributed by atoms with Gasteiger partial charge in [0, 0.05) is 30.1 Å². The number of aliphatic carboxylic acids is 1. The highest BCUT2D eigenvalue weighted by atomic mass is 32.2. The normalized spacial score (nSPS) is 20.8. The molecule has 2 aromatic heterocycles. The number of carbonyl (C=O) groups excluding carboxylic acids is 2. The summed E-state index contributed by atoms with van der Waals surface area (Å²) in [5, 5.41) is 23.8. The van der Waals surface area contributed by atoms with E-state index in [-0.39, 0.29) is 22.2 Å². The lowest BCUT2D eigenvalue weighted by Gasteiger charge is -2.49. The molecule has 2 aliphatic heterocycles. The number of nitrogen functional groups attached to an aromatic ring is 1. The summed E-state index contributed by atoms with van der Waals surface area (Å²) in [7, 11) is 1.68. The Morgan fingerprint density at radius 1 is 1.44 bits per heavy atom. The first-order valence-electron chi connectivity index (χ1n) is 9.13. The van der Waals surface area contributed by atoms with Crippen LogP contribution in [0.2, 0.25) is 0 Å². The zero-order chi connectivity index (χ0) is 23.0. The Labute approximate surface area is 193 Å². The largest absolute Gasteiger partial charge is 0.477 e. The maximum absolute atomic E-state index is 12.8. The highest BCUT2D eigenvalue weighted by Gasteiger charge is 2.54. The number of carbonyl (C=O) groups is 3. The molecule has 4 rings (SSSR count). The van der Waals surface area contributed by atoms with Gasteiger partial charge in [0.05, 0.1) is 5.57 Å². The van der Waals surface area contributed by atoms with Gasteiger partial charge in [0.1, 0.15) is 17.1 Å². The lowest BCUT2D eigenvalue weighted by Crippen LogP contribution is -2.70. The minimum Gasteiger partial charge on any atom is -0.477 e. The first kappa shape index (κ1) is 22.2. The number of hydrogen-bond donors (Lipinski definition) is 3. The first-order chi connectivity index (χ1) is 15.3. The molecule has 16 heteroatoms. The van der Waals surface area contributed by atoms with E-state index in [0.29, 0.717) is 22.2 Å². The molecule has 2 atom stereocenters. The summed E-state index contributed by atoms with van der Waals surface area (Å²) in [6.07, 6.45) is 1.53. The van der Waals surface area contributed by atoms with Gasteiger partial charge in [-0.05, 0) is 22.9 Å². The van der Waals surface area contributed by atoms with Crippen molar-refractivity contribution in [2.24, 2.45) is 7.05 Å². The summed E-state index contributed by atoms with van der Waals surface area (Å²) in [5.41, 5.74) is 6.30. The molecule has 32 heavy (non-hydrogen) atoms. The van der Waals surface area contributed by atoms with Crippen LogP contribution >= 0.6 is 35.1 Å². The SMILES string of the molecule is CC=C(C(=O)NC1C(=O)N2C(C(=O)O)=C(CSc3nnnn3C)CS[C@@H]12)c1nsc(N)n1. The fourth-order valence-electron chi connectivity index (χ4n) is 3.21. The fraction of sp³-hybridized carbons (Fsp3) is 0.375. The number of β-lactam (4-membered cyclic amide) rings is 1. The van der Waals surface area contributed by atoms with E-state index >= 15 is 0 Å². The van der Waals surface area contributed by atoms with Crippen LogP contribution in [0.3, 0.4) is 0 Å². The average molecular weight is 496 g/mol. The number of hydrogen-bond acceptors (Lipinski definition) is 12. The van der Waals surface area contributed by atoms with Crippen molar-refractivity contribution >= 4 is 63.5 Å². The minimum atomic E-state index is -1.20. The van der Waals surface area contributed by atoms with Crippen LogP contribution in [0.4, 0.5) is 5.13 Å². The number of carboxylic acids is 1. The minimum absolute atomic E-state index is 0.0629. The van der Waals surface area contributed by atoms with Gasteiger partial charge >= 0.3 is 5.97 Å². The Morgan fingerprint density at radius 2 is 2.22 bits per heavy atom. The molecule has 0 spiro atoms. The van der Waals surface area contributed by atoms with Crippen molar-refractivity contribution in [2.45, 2.75) is 23.5 Å². The predicted octanol–water partition coefficient (Wildman–Crippen LogP) is -0.422. The van der Waals surface area contributed by atoms with E-state index in [1.54, 1.807) is 14.0 Å². The van der Waals surface area contributed by atoms with Crippen molar-refractivity contribution in [3.05, 3.63) is 23.2 Å². The second-order valence-corrected chi connectivity index (χ2v) is 9.48. The molecule has 0 aromatic carbocycles. The molecule has 0 bridgehead atoms. The molecule has 0 aliphatic carbocycles. The van der Waals surface area contributed by atoms with Crippen LogP contribution in [0.5, 0.6) is 0 Å². The fourth-order valence-corrected chi connectivity index (χ4v) is 6.00. The van der Waals surface area contributed by atoms with Crippen LogP contribution in [-0.4, -0.2) is 80.3 Å². The number of amides is 2. The second kappa shape index (κ2) is 8.87. The molecule has 1 saturated heterocycles. The van der Waals surface area contributed by atoms with Crippen molar-refractivity contribution in [2.75, 3.05) is 17.2 Å². The van der Waals surface area contributed by atoms with Gasteiger partial charge in [-0.2, -0.15) is 9.36 Å². The number of fused-ring (bicyclic) bond motifs is 1. The lowest BCUT2D eigenvalue weighted by atomic mass is 10.0. The van der Waals surface area contributed by atoms with Crippen molar-refractivity contribution < 1.29 is 19.5 Å². The Bertz CT molecular complexity index is 1160. The predicted molar refractivity (Wildman–Crippen MR) is 117 cm³/mol. The van der Waals surface area contributed by atoms with Crippen LogP contribution in [0.25, 0.3) is 5.57 Å². The molecule has 0 radical (unpaired) electrons. The van der Waals surface area contributed by atoms with Gasteiger partial charge in [-0.1, -0.05) is 17.8 Å². The maximum Gasteiger partial charge on any atom is 0.352 e. The number of aryl methyl sites for hydroxylation is 1. The summed E-state index contributed by atoms with van der Waals surface area (Å²) < 4.78 is 5.51. The highest BCUT2D eigenvalue weighted by Crippen LogP contribution is 2.41. The molecule has 13 nitrogen and oxygen atoms in total. The molecule has 0 saturated carbocycles. The van der Waals surface area contributed by atoms with E-state index in [0.717, 1.165) is 11.5 Å². The standard InChI is InChI=1S/C16H17N9O4S3/c1-3-7(10-19-15(17)32-21-10)11(26)18-8-12(27)25-9(14(28)29)6(4-30-13(8)25)5-31-16-20-22-23-24(16)2/h3,8,13H,4-5H2,1-2H3,(H,18,26)(H,28,29)(H2,17,19,21)/t8?,13-/m0/s1. The molecule has 1 unspecified atom stereocenters. The average Bonchev–Trinajstić information content (AvgIpc) is 3.37. The highest BCUT2D eigenvalue weighted by molar-refractivity contribution is 8.01. The van der Waals surface area contributed by atoms with E-state index in [1.165, 1.54) is 39.2 Å². The quantitative estimate of drug-likeness (QED) is 0.257. The summed E-state index contributed by atoms with van der Waals surface area (Å²) >= 11 is 3.63. The molecular weight excluding hydrogens is 478 g/mol. The van der Waals surface area contributed by atoms with E-state index in [1.807, 2.05) is 0 Å². The number of aromatic nitrogens is 6. The zero-order valence-electron chi connectivity index (χ0n) is 16.8. The number of rotatable bonds is 7. The third-order valence-corrected chi connectivity index (χ3v) is 7.69. The van der Waals surface area contributed by atoms with Gasteiger partial charge in [0.15, 0.2) is 11.0 Å². The summed E-state index contributed by atoms with van der Waals surface area (Å²) in [6, 6.07) is -0.857. The number of nitrogens with zero attached hydrogens (tertiary/aromatic N) is 7. The number of anilines is 1. The van der Waals surface area contributed by atoms with Gasteiger partial charge in [-0.25, -0.2) is 9.48 Å². The third-order valence-electron chi connectivity index (χ3n) is 4.71. The van der Waals surface area contributed by atoms with Gasteiger partial charge in [0.25, 0.3) is 11.8 Å². The van der Waals surface area contributed by atoms with Crippen LogP contribution in [-0.2, 0) is 21.4 Å². The number of nitrogens with one attached hydrogen (secondary N) is 1. The monoisotopic (exact) mass is 495 g/mol. The molecule has 1 fully saturated rings. The summed E-state index contributed by atoms with van der Waals surface area (Å²) in [6.45, 7) is 1.65. The van der Waals surface area contributed by atoms with Crippen molar-refractivity contribution in [3.8, 4) is 0 Å². The molecule has 2 aromatic rings. The van der Waals surface area contributed by atoms with Gasteiger partial charge in [-0.15, -0.1) is 16.9 Å². The Kier molecular flexibility index (Phi) is 6.16. The first-order valence-corrected chi connectivity index (χ1v) is 11.9. The number of tetrazole rings is 1. The van der Waals surface area contributed by atoms with Gasteiger partial charge in [0.2, 0.25) is 5.16 Å². The molecule has 4 N–H and O–H groups in total. The van der Waals surface area contributed by atoms with Crippen LogP contribution in [0.1, 0.15) is 12.7 Å². The Balaban J connectivity index is 1.48. The maximum atomic E-state index is 12.8. The molecule has 2 aliphatic rings. The lowest BCUT2D eigenvalue weighted by molar-refractivity contribution is -0.150. The molecule has 2 amide bonds. The van der Waals surface area contributed by atoms with E-state index in [4.69, 9.17) is 5.73 Å². The molecule has 168 valence electrons. The Hall–Kier alpha value is -2.98. The third kappa shape index (κ3) is 3.95. The van der Waals surface area contributed by atoms with Crippen molar-refractivity contribution in [1.82, 2.24) is 39.8 Å². The second-order valence-electron chi connectivity index (χ2n) is 6.65. The van der Waals surface area contributed by atoms with Gasteiger partial charge < -0.3 is 16.2 Å². The van der Waals surface area contributed by atoms with E-state index < -0.39 is 29.2 Å². The number of allylic oxidation sites excluding steroid dienone is 1. The van der Waals surface area contributed by atoms with Crippen LogP contribution in [0, 0.1) is 0 Å². The van der Waals surface area contributed by atoms with E-state index in [9.17, 15) is 19.5 Å². The topological polar surface area (TPSA) is 182 Å². The van der Waals surface area contributed by atoms with Crippen molar-refractivity contribution in [1.29, 1.82) is 0 Å². The van der Waals surface area contributed by atoms with Crippen molar-refractivity contribution in [3.63, 3.8) is 0 Å². The Morgan fingerprint density at radius 3 is 2.81 bits per heavy atom. The smallest absolute Gasteiger partial charge is 0.352 e. The number of nitrogens with two attached hydrogens (primary N) is 1. The van der Waals surface area contributed by atoms with E-state index in [2.05, 4.69) is 30.2 Å². The summed E-state index contributed by atoms with van der Waals surface area (Å²) in [4.78, 5) is 42.7. The van der Waals surface area contributed by atoms with Crippen LogP contribution < -0.4 is 11.1 Å². The van der Waals surface area contributed by atoms with Crippen LogP contribution in [0.15, 0.2) is 22.5 Å².